The summed E-state index contributed by atoms with van der Waals surface area (Å²) in [6.07, 6.45) is -12.2. The van der Waals surface area contributed by atoms with Crippen LogP contribution in [0.15, 0.2) is 0 Å². The second-order valence-corrected chi connectivity index (χ2v) is 2.10. The van der Waals surface area contributed by atoms with E-state index in [9.17, 15) is 22.0 Å². The van der Waals surface area contributed by atoms with Crippen molar-refractivity contribution >= 4 is 0 Å². The summed E-state index contributed by atoms with van der Waals surface area (Å²) >= 11 is 0. The van der Waals surface area contributed by atoms with Gasteiger partial charge >= 0.3 is 6.18 Å². The predicted octanol–water partition coefficient (Wildman–Crippen LogP) is 1.95. The van der Waals surface area contributed by atoms with Crippen molar-refractivity contribution in [1.29, 1.82) is 0 Å². The largest absolute Gasteiger partial charge is 0.393 e. The van der Waals surface area contributed by atoms with Crippen LogP contribution >= 0.6 is 0 Å². The Morgan fingerprint density at radius 3 is 1.91 bits per heavy atom. The fraction of sp³-hybridized carbons (Fsp3) is 1.00. The van der Waals surface area contributed by atoms with Crippen LogP contribution in [0.4, 0.5) is 22.0 Å². The Morgan fingerprint density at radius 1 is 1.18 bits per heavy atom. The van der Waals surface area contributed by atoms with Crippen LogP contribution in [0.5, 0.6) is 0 Å². The van der Waals surface area contributed by atoms with Crippen molar-refractivity contribution in [3.05, 3.63) is 0 Å². The van der Waals surface area contributed by atoms with Gasteiger partial charge in [-0.15, -0.1) is 0 Å². The number of rotatable bonds is 3. The van der Waals surface area contributed by atoms with E-state index in [4.69, 9.17) is 5.11 Å². The molecule has 11 heavy (non-hydrogen) atoms. The van der Waals surface area contributed by atoms with Gasteiger partial charge in [0.1, 0.15) is 0 Å². The van der Waals surface area contributed by atoms with Crippen molar-refractivity contribution in [3.63, 3.8) is 0 Å². The van der Waals surface area contributed by atoms with Crippen LogP contribution < -0.4 is 0 Å². The lowest BCUT2D eigenvalue weighted by atomic mass is 10.2. The third kappa shape index (κ3) is 7.51. The van der Waals surface area contributed by atoms with E-state index >= 15 is 0 Å². The van der Waals surface area contributed by atoms with Crippen molar-refractivity contribution < 1.29 is 27.1 Å². The Hall–Kier alpha value is -0.390. The molecule has 0 aliphatic rings. The molecule has 0 radical (unpaired) electrons. The Bertz CT molecular complexity index is 110. The standard InChI is InChI=1S/C5H7F5O/c6-4(7)1-3(11)2-5(8,9)10/h3-4,11H,1-2H2. The van der Waals surface area contributed by atoms with Gasteiger partial charge in [0.05, 0.1) is 12.5 Å². The van der Waals surface area contributed by atoms with E-state index in [0.717, 1.165) is 0 Å². The highest BCUT2D eigenvalue weighted by molar-refractivity contribution is 4.62. The third-order valence-electron chi connectivity index (χ3n) is 0.917. The van der Waals surface area contributed by atoms with Gasteiger partial charge in [0.25, 0.3) is 0 Å². The molecule has 0 aromatic heterocycles. The molecule has 0 fully saturated rings. The molecule has 0 bridgehead atoms. The Morgan fingerprint density at radius 2 is 1.64 bits per heavy atom. The normalized spacial score (nSPS) is 15.5. The molecule has 0 spiro atoms. The van der Waals surface area contributed by atoms with Crippen molar-refractivity contribution in [1.82, 2.24) is 0 Å². The van der Waals surface area contributed by atoms with Gasteiger partial charge in [-0.3, -0.25) is 0 Å². The minimum atomic E-state index is -4.58. The number of hydrogen-bond acceptors (Lipinski definition) is 1. The number of aliphatic hydroxyl groups excluding tert-OH is 1. The zero-order valence-corrected chi connectivity index (χ0v) is 5.41. The molecule has 0 saturated carbocycles. The fourth-order valence-corrected chi connectivity index (χ4v) is 0.556. The van der Waals surface area contributed by atoms with Crippen molar-refractivity contribution in [2.24, 2.45) is 0 Å². The number of alkyl halides is 5. The lowest BCUT2D eigenvalue weighted by Crippen LogP contribution is -2.21. The number of aliphatic hydroxyl groups is 1. The fourth-order valence-electron chi connectivity index (χ4n) is 0.556. The smallest absolute Gasteiger partial charge is 0.391 e. The molecule has 0 saturated heterocycles. The highest BCUT2D eigenvalue weighted by Gasteiger charge is 2.32. The monoisotopic (exact) mass is 178 g/mol. The molecule has 0 amide bonds. The molecule has 1 atom stereocenters. The third-order valence-corrected chi connectivity index (χ3v) is 0.917. The van der Waals surface area contributed by atoms with E-state index < -0.39 is 31.5 Å². The minimum absolute atomic E-state index is 1.13. The van der Waals surface area contributed by atoms with Gasteiger partial charge in [-0.25, -0.2) is 8.78 Å². The first-order chi connectivity index (χ1) is 4.81. The van der Waals surface area contributed by atoms with Crippen molar-refractivity contribution in [2.75, 3.05) is 0 Å². The predicted molar refractivity (Wildman–Crippen MR) is 27.3 cm³/mol. The maximum atomic E-state index is 11.4. The summed E-state index contributed by atoms with van der Waals surface area (Å²) in [5.41, 5.74) is 0. The molecule has 1 nitrogen and oxygen atoms in total. The molecule has 0 aliphatic heterocycles. The lowest BCUT2D eigenvalue weighted by molar-refractivity contribution is -0.156. The molecule has 0 heterocycles. The molecule has 0 aliphatic carbocycles. The summed E-state index contributed by atoms with van der Waals surface area (Å²) in [7, 11) is 0. The van der Waals surface area contributed by atoms with Crippen molar-refractivity contribution in [2.45, 2.75) is 31.5 Å². The molecule has 0 aromatic carbocycles. The lowest BCUT2D eigenvalue weighted by Gasteiger charge is -2.11. The maximum absolute atomic E-state index is 11.4. The van der Waals surface area contributed by atoms with Crippen molar-refractivity contribution in [3.8, 4) is 0 Å². The first kappa shape index (κ1) is 10.6. The molecule has 68 valence electrons. The first-order valence-electron chi connectivity index (χ1n) is 2.84. The Labute approximate surface area is 59.8 Å². The van der Waals surface area contributed by atoms with Crippen LogP contribution in [0.1, 0.15) is 12.8 Å². The number of hydrogen-bond donors (Lipinski definition) is 1. The Balaban J connectivity index is 3.61. The Kier molecular flexibility index (Phi) is 3.71. The summed E-state index contributed by atoms with van der Waals surface area (Å²) in [6, 6.07) is 0. The molecule has 6 heteroatoms. The van der Waals surface area contributed by atoms with Crippen LogP contribution in [0.2, 0.25) is 0 Å². The van der Waals surface area contributed by atoms with Gasteiger partial charge in [-0.05, 0) is 0 Å². The van der Waals surface area contributed by atoms with Crippen LogP contribution in [0, 0.1) is 0 Å². The van der Waals surface area contributed by atoms with Crippen LogP contribution in [0.3, 0.4) is 0 Å². The summed E-state index contributed by atoms with van der Waals surface area (Å²) < 4.78 is 56.7. The molecule has 0 aromatic rings. The van der Waals surface area contributed by atoms with Crippen LogP contribution in [-0.2, 0) is 0 Å². The quantitative estimate of drug-likeness (QED) is 0.655. The van der Waals surface area contributed by atoms with Crippen LogP contribution in [-0.4, -0.2) is 23.8 Å². The molecule has 0 rings (SSSR count). The summed E-state index contributed by atoms with van der Waals surface area (Å²) in [6.45, 7) is 0. The van der Waals surface area contributed by atoms with Gasteiger partial charge in [-0.1, -0.05) is 0 Å². The van der Waals surface area contributed by atoms with E-state index in [0.29, 0.717) is 0 Å². The second kappa shape index (κ2) is 3.85. The molecule has 1 unspecified atom stereocenters. The summed E-state index contributed by atoms with van der Waals surface area (Å²) in [5, 5.41) is 8.36. The van der Waals surface area contributed by atoms with Gasteiger partial charge in [0.2, 0.25) is 6.43 Å². The van der Waals surface area contributed by atoms with Gasteiger partial charge in [0, 0.05) is 6.42 Å². The van der Waals surface area contributed by atoms with Gasteiger partial charge < -0.3 is 5.11 Å². The average molecular weight is 178 g/mol. The van der Waals surface area contributed by atoms with E-state index in [-0.39, 0.29) is 0 Å². The van der Waals surface area contributed by atoms with Gasteiger partial charge in [0.15, 0.2) is 0 Å². The SMILES string of the molecule is OC(CC(F)F)CC(F)(F)F. The van der Waals surface area contributed by atoms with E-state index in [1.165, 1.54) is 0 Å². The highest BCUT2D eigenvalue weighted by atomic mass is 19.4. The summed E-state index contributed by atoms with van der Waals surface area (Å²) in [5.74, 6) is 0. The molecular weight excluding hydrogens is 171 g/mol. The number of halogens is 5. The first-order valence-corrected chi connectivity index (χ1v) is 2.84. The topological polar surface area (TPSA) is 20.2 Å². The zero-order chi connectivity index (χ0) is 9.07. The zero-order valence-electron chi connectivity index (χ0n) is 5.41. The van der Waals surface area contributed by atoms with E-state index in [1.807, 2.05) is 0 Å². The molecule has 1 N–H and O–H groups in total. The minimum Gasteiger partial charge on any atom is -0.393 e. The average Bonchev–Trinajstić information content (AvgIpc) is 1.53. The highest BCUT2D eigenvalue weighted by Crippen LogP contribution is 2.23. The second-order valence-electron chi connectivity index (χ2n) is 2.10. The van der Waals surface area contributed by atoms with E-state index in [2.05, 4.69) is 0 Å². The van der Waals surface area contributed by atoms with Crippen LogP contribution in [0.25, 0.3) is 0 Å². The van der Waals surface area contributed by atoms with E-state index in [1.54, 1.807) is 0 Å². The van der Waals surface area contributed by atoms with Gasteiger partial charge in [-0.2, -0.15) is 13.2 Å². The summed E-state index contributed by atoms with van der Waals surface area (Å²) in [4.78, 5) is 0. The maximum Gasteiger partial charge on any atom is 0.391 e. The molecular formula is C5H7F5O.